The first-order valence-electron chi connectivity index (χ1n) is 8.35. The van der Waals surface area contributed by atoms with Crippen LogP contribution in [0.1, 0.15) is 10.4 Å². The Morgan fingerprint density at radius 1 is 0.929 bits per heavy atom. The SMILES string of the molecule is O=C(Nc1ccc2ccccc2n1)c1cccc(NS(=O)(=O)c2cccs2)c1. The topological polar surface area (TPSA) is 88.2 Å². The van der Waals surface area contributed by atoms with Crippen LogP contribution in [0, 0.1) is 0 Å². The third kappa shape index (κ3) is 3.88. The van der Waals surface area contributed by atoms with Crippen LogP contribution < -0.4 is 10.0 Å². The molecule has 0 aliphatic rings. The van der Waals surface area contributed by atoms with Gasteiger partial charge in [-0.25, -0.2) is 13.4 Å². The summed E-state index contributed by atoms with van der Waals surface area (Å²) in [5.74, 6) is 0.0493. The highest BCUT2D eigenvalue weighted by Gasteiger charge is 2.16. The quantitative estimate of drug-likeness (QED) is 0.513. The number of carbonyl (C=O) groups is 1. The number of hydrogen-bond donors (Lipinski definition) is 2. The van der Waals surface area contributed by atoms with Crippen LogP contribution >= 0.6 is 11.3 Å². The molecule has 0 fully saturated rings. The Kier molecular flexibility index (Phi) is 4.81. The van der Waals surface area contributed by atoms with E-state index in [1.165, 1.54) is 12.1 Å². The van der Waals surface area contributed by atoms with Crippen molar-refractivity contribution in [3.05, 3.63) is 83.7 Å². The maximum Gasteiger partial charge on any atom is 0.271 e. The number of para-hydroxylation sites is 1. The maximum absolute atomic E-state index is 12.6. The number of pyridine rings is 1. The fourth-order valence-corrected chi connectivity index (χ4v) is 4.71. The predicted molar refractivity (Wildman–Crippen MR) is 111 cm³/mol. The van der Waals surface area contributed by atoms with Crippen molar-refractivity contribution in [2.45, 2.75) is 4.21 Å². The minimum atomic E-state index is -3.67. The monoisotopic (exact) mass is 409 g/mol. The summed E-state index contributed by atoms with van der Waals surface area (Å²) in [4.78, 5) is 17.0. The lowest BCUT2D eigenvalue weighted by Crippen LogP contribution is -2.15. The lowest BCUT2D eigenvalue weighted by Gasteiger charge is -2.09. The number of anilines is 2. The van der Waals surface area contributed by atoms with Gasteiger partial charge in [-0.3, -0.25) is 9.52 Å². The number of sulfonamides is 1. The Labute approximate surface area is 165 Å². The van der Waals surface area contributed by atoms with Gasteiger partial charge in [-0.15, -0.1) is 11.3 Å². The van der Waals surface area contributed by atoms with E-state index in [9.17, 15) is 13.2 Å². The van der Waals surface area contributed by atoms with Gasteiger partial charge in [0.05, 0.1) is 5.52 Å². The summed E-state index contributed by atoms with van der Waals surface area (Å²) in [6.07, 6.45) is 0. The summed E-state index contributed by atoms with van der Waals surface area (Å²) in [6, 6.07) is 20.7. The molecule has 0 bridgehead atoms. The van der Waals surface area contributed by atoms with Crippen LogP contribution in [0.15, 0.2) is 82.4 Å². The van der Waals surface area contributed by atoms with Gasteiger partial charge in [0.15, 0.2) is 0 Å². The van der Waals surface area contributed by atoms with Gasteiger partial charge >= 0.3 is 0 Å². The molecule has 0 spiro atoms. The van der Waals surface area contributed by atoms with E-state index < -0.39 is 10.0 Å². The highest BCUT2D eigenvalue weighted by molar-refractivity contribution is 7.94. The summed E-state index contributed by atoms with van der Waals surface area (Å²) in [6.45, 7) is 0. The molecule has 2 aromatic heterocycles. The van der Waals surface area contributed by atoms with Gasteiger partial charge in [0.1, 0.15) is 10.0 Å². The van der Waals surface area contributed by atoms with Crippen molar-refractivity contribution in [2.75, 3.05) is 10.0 Å². The molecule has 4 aromatic rings. The summed E-state index contributed by atoms with van der Waals surface area (Å²) in [5.41, 5.74) is 1.41. The summed E-state index contributed by atoms with van der Waals surface area (Å²) < 4.78 is 27.4. The number of aromatic nitrogens is 1. The van der Waals surface area contributed by atoms with Gasteiger partial charge in [0.25, 0.3) is 15.9 Å². The zero-order valence-corrected chi connectivity index (χ0v) is 16.1. The molecule has 0 aliphatic carbocycles. The fourth-order valence-electron chi connectivity index (χ4n) is 2.67. The molecular weight excluding hydrogens is 394 g/mol. The summed E-state index contributed by atoms with van der Waals surface area (Å²) in [5, 5.41) is 5.41. The number of amides is 1. The molecule has 0 unspecified atom stereocenters. The van der Waals surface area contributed by atoms with Crippen LogP contribution in [-0.4, -0.2) is 19.3 Å². The molecule has 28 heavy (non-hydrogen) atoms. The smallest absolute Gasteiger partial charge is 0.271 e. The van der Waals surface area contributed by atoms with Gasteiger partial charge in [0, 0.05) is 16.6 Å². The fraction of sp³-hybridized carbons (Fsp3) is 0. The van der Waals surface area contributed by atoms with E-state index in [1.54, 1.807) is 35.7 Å². The van der Waals surface area contributed by atoms with Crippen LogP contribution in [0.5, 0.6) is 0 Å². The average molecular weight is 409 g/mol. The van der Waals surface area contributed by atoms with Crippen molar-refractivity contribution in [3.8, 4) is 0 Å². The highest BCUT2D eigenvalue weighted by Crippen LogP contribution is 2.21. The van der Waals surface area contributed by atoms with Crippen molar-refractivity contribution in [1.29, 1.82) is 0 Å². The number of thiophene rings is 1. The van der Waals surface area contributed by atoms with E-state index in [1.807, 2.05) is 30.3 Å². The molecule has 2 aromatic carbocycles. The second kappa shape index (κ2) is 7.41. The van der Waals surface area contributed by atoms with Crippen LogP contribution in [0.2, 0.25) is 0 Å². The lowest BCUT2D eigenvalue weighted by molar-refractivity contribution is 0.102. The second-order valence-electron chi connectivity index (χ2n) is 5.96. The largest absolute Gasteiger partial charge is 0.307 e. The molecular formula is C20H15N3O3S2. The molecule has 8 heteroatoms. The van der Waals surface area contributed by atoms with Crippen molar-refractivity contribution < 1.29 is 13.2 Å². The van der Waals surface area contributed by atoms with E-state index in [0.717, 1.165) is 22.2 Å². The van der Waals surface area contributed by atoms with Gasteiger partial charge in [-0.2, -0.15) is 0 Å². The minimum absolute atomic E-state index is 0.211. The Bertz CT molecular complexity index is 1250. The number of nitrogens with one attached hydrogen (secondary N) is 2. The number of nitrogens with zero attached hydrogens (tertiary/aromatic N) is 1. The first kappa shape index (κ1) is 18.1. The standard InChI is InChI=1S/C20H15N3O3S2/c24-20(22-18-11-10-14-5-1-2-8-17(14)21-18)15-6-3-7-16(13-15)23-28(25,26)19-9-4-12-27-19/h1-13,23H,(H,21,22,24). The Balaban J connectivity index is 1.54. The minimum Gasteiger partial charge on any atom is -0.307 e. The zero-order valence-electron chi connectivity index (χ0n) is 14.5. The van der Waals surface area contributed by atoms with Crippen LogP contribution in [0.25, 0.3) is 10.9 Å². The molecule has 4 rings (SSSR count). The predicted octanol–water partition coefficient (Wildman–Crippen LogP) is 4.35. The number of rotatable bonds is 5. The van der Waals surface area contributed by atoms with Crippen LogP contribution in [0.4, 0.5) is 11.5 Å². The molecule has 2 heterocycles. The molecule has 1 amide bonds. The summed E-state index contributed by atoms with van der Waals surface area (Å²) in [7, 11) is -3.67. The Hall–Kier alpha value is -3.23. The zero-order chi connectivity index (χ0) is 19.6. The molecule has 140 valence electrons. The van der Waals surface area contributed by atoms with E-state index in [0.29, 0.717) is 17.1 Å². The van der Waals surface area contributed by atoms with E-state index in [4.69, 9.17) is 0 Å². The molecule has 2 N–H and O–H groups in total. The number of hydrogen-bond acceptors (Lipinski definition) is 5. The Morgan fingerprint density at radius 3 is 2.61 bits per heavy atom. The highest BCUT2D eigenvalue weighted by atomic mass is 32.2. The second-order valence-corrected chi connectivity index (χ2v) is 8.82. The van der Waals surface area contributed by atoms with E-state index in [-0.39, 0.29) is 10.1 Å². The van der Waals surface area contributed by atoms with Gasteiger partial charge in [-0.05, 0) is 47.8 Å². The third-order valence-electron chi connectivity index (χ3n) is 3.98. The van der Waals surface area contributed by atoms with Gasteiger partial charge in [0.2, 0.25) is 0 Å². The molecule has 0 radical (unpaired) electrons. The number of carbonyl (C=O) groups excluding carboxylic acids is 1. The first-order chi connectivity index (χ1) is 13.5. The first-order valence-corrected chi connectivity index (χ1v) is 10.7. The third-order valence-corrected chi connectivity index (χ3v) is 6.76. The molecule has 0 aliphatic heterocycles. The molecule has 0 saturated heterocycles. The van der Waals surface area contributed by atoms with Crippen LogP contribution in [-0.2, 0) is 10.0 Å². The van der Waals surface area contributed by atoms with Gasteiger partial charge in [-0.1, -0.05) is 30.3 Å². The van der Waals surface area contributed by atoms with Crippen molar-refractivity contribution in [2.24, 2.45) is 0 Å². The number of fused-ring (bicyclic) bond motifs is 1. The average Bonchev–Trinajstić information content (AvgIpc) is 3.24. The van der Waals surface area contributed by atoms with Crippen molar-refractivity contribution in [1.82, 2.24) is 4.98 Å². The Morgan fingerprint density at radius 2 is 1.79 bits per heavy atom. The number of benzene rings is 2. The van der Waals surface area contributed by atoms with Crippen molar-refractivity contribution >= 4 is 49.7 Å². The van der Waals surface area contributed by atoms with E-state index in [2.05, 4.69) is 15.0 Å². The van der Waals surface area contributed by atoms with Crippen molar-refractivity contribution in [3.63, 3.8) is 0 Å². The van der Waals surface area contributed by atoms with Crippen LogP contribution in [0.3, 0.4) is 0 Å². The molecule has 0 saturated carbocycles. The summed E-state index contributed by atoms with van der Waals surface area (Å²) >= 11 is 1.12. The van der Waals surface area contributed by atoms with E-state index >= 15 is 0 Å². The van der Waals surface area contributed by atoms with Gasteiger partial charge < -0.3 is 5.32 Å². The molecule has 0 atom stereocenters. The maximum atomic E-state index is 12.6. The molecule has 6 nitrogen and oxygen atoms in total. The lowest BCUT2D eigenvalue weighted by atomic mass is 10.2. The normalized spacial score (nSPS) is 11.3.